The maximum Gasteiger partial charge on any atom is 0.333 e. The Balaban J connectivity index is 1.78. The van der Waals surface area contributed by atoms with Crippen LogP contribution in [0.1, 0.15) is 0 Å². The summed E-state index contributed by atoms with van der Waals surface area (Å²) < 4.78 is 6.84. The van der Waals surface area contributed by atoms with Gasteiger partial charge < -0.3 is 9.72 Å². The SMILES string of the molecule is COc1ccc(Cl)c(-c2cc3[nH]c(=O)n(-c4cncc5ccccc45)c(=O)c3s2)c1. The normalized spacial score (nSPS) is 11.3. The highest BCUT2D eigenvalue weighted by molar-refractivity contribution is 7.22. The molecule has 3 aromatic heterocycles. The predicted octanol–water partition coefficient (Wildman–Crippen LogP) is 4.62. The van der Waals surface area contributed by atoms with Gasteiger partial charge in [0.2, 0.25) is 0 Å². The average Bonchev–Trinajstić information content (AvgIpc) is 3.18. The van der Waals surface area contributed by atoms with E-state index < -0.39 is 11.2 Å². The van der Waals surface area contributed by atoms with Gasteiger partial charge in [0.15, 0.2) is 0 Å². The Bertz CT molecular complexity index is 1550. The molecule has 2 aromatic carbocycles. The highest BCUT2D eigenvalue weighted by atomic mass is 35.5. The summed E-state index contributed by atoms with van der Waals surface area (Å²) in [6.45, 7) is 0. The van der Waals surface area contributed by atoms with E-state index in [0.717, 1.165) is 25.8 Å². The number of fused-ring (bicyclic) bond motifs is 2. The molecule has 30 heavy (non-hydrogen) atoms. The molecule has 0 radical (unpaired) electrons. The molecule has 148 valence electrons. The summed E-state index contributed by atoms with van der Waals surface area (Å²) >= 11 is 7.64. The number of hydrogen-bond acceptors (Lipinski definition) is 5. The summed E-state index contributed by atoms with van der Waals surface area (Å²) in [5.74, 6) is 0.652. The first-order chi connectivity index (χ1) is 14.6. The largest absolute Gasteiger partial charge is 0.497 e. The van der Waals surface area contributed by atoms with Gasteiger partial charge in [-0.3, -0.25) is 9.78 Å². The van der Waals surface area contributed by atoms with Gasteiger partial charge in [-0.1, -0.05) is 35.9 Å². The summed E-state index contributed by atoms with van der Waals surface area (Å²) in [6, 6.07) is 14.6. The first-order valence-electron chi connectivity index (χ1n) is 9.03. The monoisotopic (exact) mass is 435 g/mol. The molecule has 0 aliphatic heterocycles. The molecule has 5 rings (SSSR count). The Morgan fingerprint density at radius 1 is 1.10 bits per heavy atom. The van der Waals surface area contributed by atoms with E-state index in [1.807, 2.05) is 24.3 Å². The average molecular weight is 436 g/mol. The summed E-state index contributed by atoms with van der Waals surface area (Å²) in [7, 11) is 1.58. The predicted molar refractivity (Wildman–Crippen MR) is 120 cm³/mol. The van der Waals surface area contributed by atoms with Crippen molar-refractivity contribution in [1.29, 1.82) is 0 Å². The summed E-state index contributed by atoms with van der Waals surface area (Å²) in [4.78, 5) is 33.9. The van der Waals surface area contributed by atoms with Crippen molar-refractivity contribution in [2.45, 2.75) is 0 Å². The minimum absolute atomic E-state index is 0.401. The number of aromatic amines is 1. The standard InChI is InChI=1S/C22H14ClN3O3S/c1-29-13-6-7-16(23)15(8-13)19-9-17-20(30-19)21(27)26(22(28)25-17)18-11-24-10-12-4-2-3-5-14(12)18/h2-11H,1H3,(H,25,28). The van der Waals surface area contributed by atoms with E-state index in [-0.39, 0.29) is 0 Å². The Morgan fingerprint density at radius 3 is 2.77 bits per heavy atom. The van der Waals surface area contributed by atoms with E-state index in [1.54, 1.807) is 37.6 Å². The number of methoxy groups -OCH3 is 1. The highest BCUT2D eigenvalue weighted by Crippen LogP contribution is 2.37. The molecule has 0 atom stereocenters. The van der Waals surface area contributed by atoms with Crippen molar-refractivity contribution in [2.24, 2.45) is 0 Å². The molecule has 0 fully saturated rings. The van der Waals surface area contributed by atoms with Crippen LogP contribution in [0.5, 0.6) is 5.75 Å². The molecule has 3 heterocycles. The van der Waals surface area contributed by atoms with Crippen LogP contribution >= 0.6 is 22.9 Å². The zero-order chi connectivity index (χ0) is 20.8. The number of hydrogen-bond donors (Lipinski definition) is 1. The number of halogens is 1. The zero-order valence-electron chi connectivity index (χ0n) is 15.7. The third kappa shape index (κ3) is 2.91. The van der Waals surface area contributed by atoms with E-state index in [1.165, 1.54) is 17.5 Å². The Hall–Kier alpha value is -3.42. The second kappa shape index (κ2) is 7.12. The van der Waals surface area contributed by atoms with Crippen molar-refractivity contribution < 1.29 is 4.74 Å². The molecule has 0 spiro atoms. The third-order valence-corrected chi connectivity index (χ3v) is 6.39. The number of aromatic nitrogens is 3. The van der Waals surface area contributed by atoms with Gasteiger partial charge in [0.25, 0.3) is 5.56 Å². The fourth-order valence-electron chi connectivity index (χ4n) is 3.46. The topological polar surface area (TPSA) is 77.0 Å². The van der Waals surface area contributed by atoms with Crippen molar-refractivity contribution >= 4 is 43.9 Å². The lowest BCUT2D eigenvalue weighted by molar-refractivity contribution is 0.415. The Kier molecular flexibility index (Phi) is 4.42. The van der Waals surface area contributed by atoms with Crippen LogP contribution in [0.15, 0.2) is 70.5 Å². The molecule has 1 N–H and O–H groups in total. The van der Waals surface area contributed by atoms with Gasteiger partial charge in [-0.25, -0.2) is 9.36 Å². The summed E-state index contributed by atoms with van der Waals surface area (Å²) in [5.41, 5.74) is 0.716. The van der Waals surface area contributed by atoms with Crippen LogP contribution in [-0.4, -0.2) is 21.6 Å². The lowest BCUT2D eigenvalue weighted by atomic mass is 10.1. The van der Waals surface area contributed by atoms with Crippen LogP contribution in [0.25, 0.3) is 37.1 Å². The van der Waals surface area contributed by atoms with Crippen LogP contribution in [0.2, 0.25) is 5.02 Å². The number of pyridine rings is 1. The minimum atomic E-state index is -0.522. The van der Waals surface area contributed by atoms with E-state index in [9.17, 15) is 9.59 Å². The fraction of sp³-hybridized carbons (Fsp3) is 0.0455. The van der Waals surface area contributed by atoms with Gasteiger partial charge in [-0.2, -0.15) is 0 Å². The molecule has 0 bridgehead atoms. The molecular weight excluding hydrogens is 422 g/mol. The van der Waals surface area contributed by atoms with Crippen molar-refractivity contribution in [3.05, 3.63) is 86.8 Å². The zero-order valence-corrected chi connectivity index (χ0v) is 17.3. The van der Waals surface area contributed by atoms with Gasteiger partial charge in [0.05, 0.1) is 24.5 Å². The maximum atomic E-state index is 13.3. The van der Waals surface area contributed by atoms with Gasteiger partial charge in [-0.15, -0.1) is 11.3 Å². The highest BCUT2D eigenvalue weighted by Gasteiger charge is 2.17. The van der Waals surface area contributed by atoms with E-state index in [2.05, 4.69) is 9.97 Å². The van der Waals surface area contributed by atoms with Crippen molar-refractivity contribution in [3.8, 4) is 21.9 Å². The first-order valence-corrected chi connectivity index (χ1v) is 10.2. The van der Waals surface area contributed by atoms with Crippen LogP contribution in [0, 0.1) is 0 Å². The lowest BCUT2D eigenvalue weighted by Gasteiger charge is -2.07. The van der Waals surface area contributed by atoms with E-state index in [4.69, 9.17) is 16.3 Å². The molecule has 6 nitrogen and oxygen atoms in total. The Morgan fingerprint density at radius 2 is 1.93 bits per heavy atom. The summed E-state index contributed by atoms with van der Waals surface area (Å²) in [6.07, 6.45) is 3.23. The van der Waals surface area contributed by atoms with Crippen molar-refractivity contribution in [3.63, 3.8) is 0 Å². The lowest BCUT2D eigenvalue weighted by Crippen LogP contribution is -2.33. The molecule has 0 saturated heterocycles. The molecule has 8 heteroatoms. The molecule has 0 aliphatic rings. The van der Waals surface area contributed by atoms with E-state index >= 15 is 0 Å². The van der Waals surface area contributed by atoms with E-state index in [0.29, 0.717) is 26.7 Å². The maximum absolute atomic E-state index is 13.3. The first kappa shape index (κ1) is 18.6. The van der Waals surface area contributed by atoms with Gasteiger partial charge in [0.1, 0.15) is 10.4 Å². The fourth-order valence-corrected chi connectivity index (χ4v) is 4.81. The second-order valence-electron chi connectivity index (χ2n) is 6.65. The Labute approximate surface area is 179 Å². The minimum Gasteiger partial charge on any atom is -0.497 e. The molecule has 0 saturated carbocycles. The quantitative estimate of drug-likeness (QED) is 0.448. The van der Waals surface area contributed by atoms with Crippen molar-refractivity contribution in [1.82, 2.24) is 14.5 Å². The third-order valence-electron chi connectivity index (χ3n) is 4.90. The molecule has 0 amide bonds. The van der Waals surface area contributed by atoms with Gasteiger partial charge >= 0.3 is 5.69 Å². The number of ether oxygens (including phenoxy) is 1. The summed E-state index contributed by atoms with van der Waals surface area (Å²) in [5, 5.41) is 2.15. The number of rotatable bonds is 3. The van der Waals surface area contributed by atoms with Crippen LogP contribution in [0.4, 0.5) is 0 Å². The molecular formula is C22H14ClN3O3S. The van der Waals surface area contributed by atoms with Gasteiger partial charge in [-0.05, 0) is 24.3 Å². The number of thiophene rings is 1. The number of nitrogens with one attached hydrogen (secondary N) is 1. The smallest absolute Gasteiger partial charge is 0.333 e. The number of H-pyrrole nitrogens is 1. The molecule has 5 aromatic rings. The van der Waals surface area contributed by atoms with Gasteiger partial charge in [0, 0.05) is 32.4 Å². The molecule has 0 aliphatic carbocycles. The number of benzene rings is 2. The molecule has 0 unspecified atom stereocenters. The number of nitrogens with zero attached hydrogens (tertiary/aromatic N) is 2. The van der Waals surface area contributed by atoms with Crippen LogP contribution < -0.4 is 16.0 Å². The van der Waals surface area contributed by atoms with Crippen LogP contribution in [-0.2, 0) is 0 Å². The van der Waals surface area contributed by atoms with Crippen LogP contribution in [0.3, 0.4) is 0 Å². The second-order valence-corrected chi connectivity index (χ2v) is 8.11. The van der Waals surface area contributed by atoms with Crippen molar-refractivity contribution in [2.75, 3.05) is 7.11 Å².